The van der Waals surface area contributed by atoms with Crippen LogP contribution in [-0.2, 0) is 6.54 Å². The summed E-state index contributed by atoms with van der Waals surface area (Å²) in [5.41, 5.74) is 7.27. The lowest BCUT2D eigenvalue weighted by molar-refractivity contribution is 0.0995. The van der Waals surface area contributed by atoms with Gasteiger partial charge in [-0.15, -0.1) is 0 Å². The Morgan fingerprint density at radius 1 is 1.26 bits per heavy atom. The highest BCUT2D eigenvalue weighted by atomic mass is 16.1. The third-order valence-corrected chi connectivity index (χ3v) is 2.85. The van der Waals surface area contributed by atoms with Crippen molar-refractivity contribution in [3.05, 3.63) is 59.7 Å². The lowest BCUT2D eigenvalue weighted by Crippen LogP contribution is -2.19. The van der Waals surface area contributed by atoms with Gasteiger partial charge in [0.2, 0.25) is 0 Å². The molecule has 0 aliphatic carbocycles. The Balaban J connectivity index is 1.93. The van der Waals surface area contributed by atoms with Crippen molar-refractivity contribution in [1.82, 2.24) is 15.3 Å². The lowest BCUT2D eigenvalue weighted by atomic mass is 10.1. The van der Waals surface area contributed by atoms with Crippen molar-refractivity contribution in [2.24, 2.45) is 5.73 Å². The highest BCUT2D eigenvalue weighted by Gasteiger charge is 2.06. The summed E-state index contributed by atoms with van der Waals surface area (Å²) in [6.07, 6.45) is 2.96. The molecular weight excluding hydrogens is 240 g/mol. The first-order chi connectivity index (χ1) is 9.16. The van der Waals surface area contributed by atoms with E-state index in [2.05, 4.69) is 34.3 Å². The second kappa shape index (κ2) is 6.06. The van der Waals surface area contributed by atoms with E-state index in [9.17, 15) is 4.79 Å². The number of hydrogen-bond donors (Lipinski definition) is 2. The molecule has 1 unspecified atom stereocenters. The zero-order valence-corrected chi connectivity index (χ0v) is 10.7. The molecule has 1 atom stereocenters. The first kappa shape index (κ1) is 13.2. The Labute approximate surface area is 111 Å². The Morgan fingerprint density at radius 3 is 2.58 bits per heavy atom. The molecular formula is C14H16N4O. The number of aromatic nitrogens is 2. The van der Waals surface area contributed by atoms with E-state index in [1.807, 2.05) is 18.2 Å². The number of amides is 1. The summed E-state index contributed by atoms with van der Waals surface area (Å²) >= 11 is 0. The second-order valence-electron chi connectivity index (χ2n) is 4.27. The topological polar surface area (TPSA) is 80.9 Å². The molecule has 1 aromatic carbocycles. The van der Waals surface area contributed by atoms with Gasteiger partial charge < -0.3 is 11.1 Å². The number of primary amides is 1. The zero-order valence-electron chi connectivity index (χ0n) is 10.7. The maximum atomic E-state index is 10.9. The number of nitrogens with two attached hydrogens (primary N) is 1. The molecule has 19 heavy (non-hydrogen) atoms. The highest BCUT2D eigenvalue weighted by Crippen LogP contribution is 2.11. The normalized spacial score (nSPS) is 12.1. The van der Waals surface area contributed by atoms with E-state index >= 15 is 0 Å². The summed E-state index contributed by atoms with van der Waals surface area (Å²) in [5, 5.41) is 3.35. The number of nitrogens with zero attached hydrogens (tertiary/aromatic N) is 2. The van der Waals surface area contributed by atoms with Gasteiger partial charge in [0.1, 0.15) is 5.69 Å². The van der Waals surface area contributed by atoms with Crippen LogP contribution in [0.25, 0.3) is 0 Å². The maximum absolute atomic E-state index is 10.9. The molecule has 3 N–H and O–H groups in total. The van der Waals surface area contributed by atoms with Crippen LogP contribution in [0.15, 0.2) is 42.7 Å². The predicted molar refractivity (Wildman–Crippen MR) is 72.2 cm³/mol. The van der Waals surface area contributed by atoms with Gasteiger partial charge in [-0.2, -0.15) is 0 Å². The highest BCUT2D eigenvalue weighted by molar-refractivity contribution is 5.90. The number of benzene rings is 1. The van der Waals surface area contributed by atoms with Gasteiger partial charge in [0.05, 0.1) is 18.1 Å². The molecule has 2 aromatic rings. The van der Waals surface area contributed by atoms with E-state index in [0.29, 0.717) is 6.54 Å². The summed E-state index contributed by atoms with van der Waals surface area (Å²) in [6.45, 7) is 2.67. The molecule has 5 nitrogen and oxygen atoms in total. The van der Waals surface area contributed by atoms with Crippen molar-refractivity contribution in [2.45, 2.75) is 19.5 Å². The number of nitrogens with one attached hydrogen (secondary N) is 1. The SMILES string of the molecule is CC(NCc1cnc(C(N)=O)cn1)c1ccccc1. The minimum atomic E-state index is -0.565. The van der Waals surface area contributed by atoms with Crippen LogP contribution in [0.2, 0.25) is 0 Å². The average molecular weight is 256 g/mol. The van der Waals surface area contributed by atoms with Crippen molar-refractivity contribution in [1.29, 1.82) is 0 Å². The van der Waals surface area contributed by atoms with Crippen LogP contribution in [0.4, 0.5) is 0 Å². The quantitative estimate of drug-likeness (QED) is 0.848. The molecule has 1 amide bonds. The third-order valence-electron chi connectivity index (χ3n) is 2.85. The number of rotatable bonds is 5. The van der Waals surface area contributed by atoms with E-state index < -0.39 is 5.91 Å². The maximum Gasteiger partial charge on any atom is 0.268 e. The van der Waals surface area contributed by atoms with Crippen LogP contribution in [0.3, 0.4) is 0 Å². The molecule has 1 heterocycles. The molecule has 98 valence electrons. The number of carbonyl (C=O) groups is 1. The summed E-state index contributed by atoms with van der Waals surface area (Å²) < 4.78 is 0. The van der Waals surface area contributed by atoms with Crippen molar-refractivity contribution in [2.75, 3.05) is 0 Å². The molecule has 0 spiro atoms. The molecule has 5 heteroatoms. The number of hydrogen-bond acceptors (Lipinski definition) is 4. The predicted octanol–water partition coefficient (Wildman–Crippen LogP) is 1.43. The van der Waals surface area contributed by atoms with Crippen molar-refractivity contribution in [3.63, 3.8) is 0 Å². The molecule has 0 fully saturated rings. The molecule has 2 rings (SSSR count). The second-order valence-corrected chi connectivity index (χ2v) is 4.27. The summed E-state index contributed by atoms with van der Waals surface area (Å²) in [5.74, 6) is -0.565. The molecule has 0 radical (unpaired) electrons. The Kier molecular flexibility index (Phi) is 4.20. The van der Waals surface area contributed by atoms with Crippen LogP contribution >= 0.6 is 0 Å². The van der Waals surface area contributed by atoms with Crippen LogP contribution < -0.4 is 11.1 Å². The Morgan fingerprint density at radius 2 is 2.00 bits per heavy atom. The Hall–Kier alpha value is -2.27. The molecule has 0 aliphatic rings. The minimum absolute atomic E-state index is 0.180. The molecule has 0 saturated heterocycles. The van der Waals surface area contributed by atoms with Crippen molar-refractivity contribution < 1.29 is 4.79 Å². The summed E-state index contributed by atoms with van der Waals surface area (Å²) in [6, 6.07) is 10.4. The van der Waals surface area contributed by atoms with Gasteiger partial charge in [-0.25, -0.2) is 4.98 Å². The smallest absolute Gasteiger partial charge is 0.268 e. The van der Waals surface area contributed by atoms with Gasteiger partial charge >= 0.3 is 0 Å². The van der Waals surface area contributed by atoms with E-state index in [0.717, 1.165) is 5.69 Å². The van der Waals surface area contributed by atoms with Gasteiger partial charge in [0, 0.05) is 12.6 Å². The fourth-order valence-electron chi connectivity index (χ4n) is 1.69. The van der Waals surface area contributed by atoms with E-state index in [1.54, 1.807) is 6.20 Å². The molecule has 0 saturated carbocycles. The number of carbonyl (C=O) groups excluding carboxylic acids is 1. The third kappa shape index (κ3) is 3.59. The summed E-state index contributed by atoms with van der Waals surface area (Å²) in [4.78, 5) is 19.0. The summed E-state index contributed by atoms with van der Waals surface area (Å²) in [7, 11) is 0. The fourth-order valence-corrected chi connectivity index (χ4v) is 1.69. The fraction of sp³-hybridized carbons (Fsp3) is 0.214. The zero-order chi connectivity index (χ0) is 13.7. The van der Waals surface area contributed by atoms with E-state index in [1.165, 1.54) is 11.8 Å². The largest absolute Gasteiger partial charge is 0.364 e. The van der Waals surface area contributed by atoms with Gasteiger partial charge in [-0.05, 0) is 12.5 Å². The van der Waals surface area contributed by atoms with Crippen LogP contribution in [0, 0.1) is 0 Å². The van der Waals surface area contributed by atoms with Gasteiger partial charge in [-0.1, -0.05) is 30.3 Å². The molecule has 0 bridgehead atoms. The first-order valence-corrected chi connectivity index (χ1v) is 6.06. The van der Waals surface area contributed by atoms with E-state index in [-0.39, 0.29) is 11.7 Å². The molecule has 1 aromatic heterocycles. The molecule has 0 aliphatic heterocycles. The Bertz CT molecular complexity index is 539. The van der Waals surface area contributed by atoms with Crippen LogP contribution in [0.1, 0.15) is 34.7 Å². The van der Waals surface area contributed by atoms with E-state index in [4.69, 9.17) is 5.73 Å². The average Bonchev–Trinajstić information content (AvgIpc) is 2.46. The standard InChI is InChI=1S/C14H16N4O/c1-10(11-5-3-2-4-6-11)16-7-12-8-18-13(9-17-12)14(15)19/h2-6,8-10,16H,7H2,1H3,(H2,15,19). The lowest BCUT2D eigenvalue weighted by Gasteiger charge is -2.13. The van der Waals surface area contributed by atoms with Crippen molar-refractivity contribution >= 4 is 5.91 Å². The first-order valence-electron chi connectivity index (χ1n) is 6.06. The van der Waals surface area contributed by atoms with Gasteiger partial charge in [0.25, 0.3) is 5.91 Å². The van der Waals surface area contributed by atoms with Crippen molar-refractivity contribution in [3.8, 4) is 0 Å². The van der Waals surface area contributed by atoms with Gasteiger partial charge in [0.15, 0.2) is 0 Å². The van der Waals surface area contributed by atoms with Crippen LogP contribution in [-0.4, -0.2) is 15.9 Å². The van der Waals surface area contributed by atoms with Gasteiger partial charge in [-0.3, -0.25) is 9.78 Å². The van der Waals surface area contributed by atoms with Crippen LogP contribution in [0.5, 0.6) is 0 Å². The monoisotopic (exact) mass is 256 g/mol. The minimum Gasteiger partial charge on any atom is -0.364 e.